The van der Waals surface area contributed by atoms with Gasteiger partial charge in [0.2, 0.25) is 0 Å². The number of hydrogen-bond acceptors (Lipinski definition) is 9. The highest BCUT2D eigenvalue weighted by molar-refractivity contribution is 6.61. The topological polar surface area (TPSA) is 124 Å². The van der Waals surface area contributed by atoms with Crippen molar-refractivity contribution in [2.75, 3.05) is 6.61 Å². The summed E-state index contributed by atoms with van der Waals surface area (Å²) in [5, 5.41) is 26.1. The molecule has 1 aliphatic heterocycles. The van der Waals surface area contributed by atoms with Gasteiger partial charge in [-0.15, -0.1) is 0 Å². The van der Waals surface area contributed by atoms with E-state index in [-0.39, 0.29) is 53.9 Å². The van der Waals surface area contributed by atoms with E-state index in [1.807, 2.05) is 34.6 Å². The Hall–Kier alpha value is -2.50. The summed E-state index contributed by atoms with van der Waals surface area (Å²) in [5.41, 5.74) is -1.54. The summed E-state index contributed by atoms with van der Waals surface area (Å²) in [5.74, 6) is -2.05. The third-order valence-corrected chi connectivity index (χ3v) is 11.0. The smallest absolute Gasteiger partial charge is 0.479 e. The zero-order chi connectivity index (χ0) is 30.6. The van der Waals surface area contributed by atoms with Gasteiger partial charge in [-0.1, -0.05) is 38.9 Å². The van der Waals surface area contributed by atoms with E-state index >= 15 is 4.39 Å². The molecule has 0 radical (unpaired) electrons. The second-order valence-electron chi connectivity index (χ2n) is 13.7. The second-order valence-corrected chi connectivity index (χ2v) is 13.7. The molecule has 8 atom stereocenters. The number of rotatable bonds is 7. The lowest BCUT2D eigenvalue weighted by Crippen LogP contribution is -2.63. The van der Waals surface area contributed by atoms with E-state index in [0.29, 0.717) is 18.4 Å². The summed E-state index contributed by atoms with van der Waals surface area (Å²) in [7, 11) is -1.39. The minimum absolute atomic E-state index is 0.00212. The summed E-state index contributed by atoms with van der Waals surface area (Å²) in [6.07, 6.45) is 2.83. The Bertz CT molecular complexity index is 1260. The van der Waals surface area contributed by atoms with Gasteiger partial charge in [0.15, 0.2) is 18.2 Å². The highest BCUT2D eigenvalue weighted by Crippen LogP contribution is 2.67. The van der Waals surface area contributed by atoms with Crippen LogP contribution in [0.5, 0.6) is 5.75 Å². The van der Waals surface area contributed by atoms with Crippen molar-refractivity contribution in [3.8, 4) is 5.75 Å². The van der Waals surface area contributed by atoms with Crippen molar-refractivity contribution in [2.45, 2.75) is 98.6 Å². The van der Waals surface area contributed by atoms with Crippen molar-refractivity contribution in [3.63, 3.8) is 0 Å². The normalized spacial score (nSPS) is 37.8. The molecule has 0 amide bonds. The number of esters is 1. The lowest BCUT2D eigenvalue weighted by molar-refractivity contribution is -0.205. The van der Waals surface area contributed by atoms with Crippen LogP contribution in [-0.2, 0) is 30.4 Å². The molecular weight excluding hydrogens is 544 g/mol. The maximum absolute atomic E-state index is 15.0. The van der Waals surface area contributed by atoms with Crippen LogP contribution in [0.15, 0.2) is 17.3 Å². The number of aliphatic hydroxyl groups excluding tert-OH is 1. The van der Waals surface area contributed by atoms with Gasteiger partial charge in [-0.05, 0) is 68.4 Å². The molecule has 3 aliphatic carbocycles. The van der Waals surface area contributed by atoms with Gasteiger partial charge in [0.25, 0.3) is 0 Å². The number of ketones is 1. The number of hydrogen-bond donors (Lipinski definition) is 2. The first-order valence-electron chi connectivity index (χ1n) is 15.1. The van der Waals surface area contributed by atoms with Crippen LogP contribution in [0.2, 0.25) is 0 Å². The molecule has 0 aromatic heterocycles. The van der Waals surface area contributed by atoms with Crippen LogP contribution < -0.4 is 10.2 Å². The highest BCUT2D eigenvalue weighted by atomic mass is 19.1. The van der Waals surface area contributed by atoms with Crippen LogP contribution in [0.3, 0.4) is 0 Å². The van der Waals surface area contributed by atoms with Gasteiger partial charge in [-0.2, -0.15) is 0 Å². The van der Waals surface area contributed by atoms with Gasteiger partial charge in [-0.25, -0.2) is 9.18 Å². The summed E-state index contributed by atoms with van der Waals surface area (Å²) < 4.78 is 31.9. The third kappa shape index (κ3) is 4.95. The molecule has 9 nitrogen and oxygen atoms in total. The van der Waals surface area contributed by atoms with Crippen molar-refractivity contribution >= 4 is 30.5 Å². The molecule has 5 rings (SSSR count). The van der Waals surface area contributed by atoms with Crippen LogP contribution >= 0.6 is 0 Å². The first-order chi connectivity index (χ1) is 19.7. The molecule has 2 bridgehead atoms. The average molecular weight is 587 g/mol. The van der Waals surface area contributed by atoms with Crippen LogP contribution in [0.1, 0.15) is 79.2 Å². The second kappa shape index (κ2) is 11.2. The Kier molecular flexibility index (Phi) is 8.26. The van der Waals surface area contributed by atoms with Crippen molar-refractivity contribution in [3.05, 3.63) is 23.5 Å². The number of carbonyl (C=O) groups is 2. The van der Waals surface area contributed by atoms with Gasteiger partial charge in [0, 0.05) is 28.6 Å². The van der Waals surface area contributed by atoms with Gasteiger partial charge in [-0.3, -0.25) is 4.79 Å². The van der Waals surface area contributed by atoms with Crippen molar-refractivity contribution in [1.82, 2.24) is 0 Å². The van der Waals surface area contributed by atoms with Gasteiger partial charge in [0.1, 0.15) is 18.0 Å². The maximum atomic E-state index is 15.0. The van der Waals surface area contributed by atoms with Crippen molar-refractivity contribution in [1.29, 1.82) is 0 Å². The Balaban J connectivity index is 1.47. The molecule has 1 aromatic rings. The minimum atomic E-state index is -1.39. The Labute approximate surface area is 247 Å². The number of carbonyl (C=O) groups excluding carboxylic acids is 2. The standard InChI is InChI=1S/C31H43BFNO8/c1-17(2)42-34-16-29(5)13-23(41-24(36)15-39-22-8-7-20-14-40-32(38)25(20)26(22)33)30(6)18(3)9-11-31(19(4)28(29)37)12-10-21(35)27(30)31/h7-8,16-19,23,27-28,37-38H,9-15H2,1-6H3/t18-,19-,23+,27-,28-,29-,30-,31-/m0/s1. The number of oxime groups is 1. The maximum Gasteiger partial charge on any atom is 0.494 e. The molecule has 2 N–H and O–H groups in total. The SMILES string of the molecule is CC(C)ON=C[C@]1(C)C[C@@H](OC(=O)COc2ccc3c(c2F)B(O)OC3)[C@@]2(C)[C@@H]3C(=O)CC[C@@]3(CC[C@@H]2C)[C@@H](C)[C@@H]1O. The number of halogens is 1. The Morgan fingerprint density at radius 2 is 2.02 bits per heavy atom. The van der Waals surface area contributed by atoms with Crippen molar-refractivity contribution in [2.24, 2.45) is 39.2 Å². The fourth-order valence-corrected chi connectivity index (χ4v) is 8.40. The quantitative estimate of drug-likeness (QED) is 0.215. The Morgan fingerprint density at radius 3 is 2.74 bits per heavy atom. The molecule has 4 aliphatic rings. The van der Waals surface area contributed by atoms with Gasteiger partial charge in [0.05, 0.1) is 18.9 Å². The molecule has 3 saturated carbocycles. The molecular formula is C31H43BFNO8. The average Bonchev–Trinajstić information content (AvgIpc) is 3.49. The van der Waals surface area contributed by atoms with Gasteiger partial charge < -0.3 is 29.1 Å². The molecule has 42 heavy (non-hydrogen) atoms. The molecule has 1 heterocycles. The first kappa shape index (κ1) is 30.9. The van der Waals surface area contributed by atoms with E-state index < -0.39 is 54.0 Å². The van der Waals surface area contributed by atoms with E-state index in [0.717, 1.165) is 12.8 Å². The molecule has 1 aromatic carbocycles. The monoisotopic (exact) mass is 587 g/mol. The molecule has 3 fully saturated rings. The third-order valence-electron chi connectivity index (χ3n) is 11.0. The number of Topliss-reactive ketones (excluding diaryl/α,β-unsaturated/α-hetero) is 1. The summed E-state index contributed by atoms with van der Waals surface area (Å²) in [6.45, 7) is 11.3. The van der Waals surface area contributed by atoms with Crippen LogP contribution in [0.25, 0.3) is 0 Å². The fourth-order valence-electron chi connectivity index (χ4n) is 8.40. The highest BCUT2D eigenvalue weighted by Gasteiger charge is 2.68. The summed E-state index contributed by atoms with van der Waals surface area (Å²) in [6, 6.07) is 2.99. The summed E-state index contributed by atoms with van der Waals surface area (Å²) in [4.78, 5) is 32.5. The van der Waals surface area contributed by atoms with E-state index in [2.05, 4.69) is 12.1 Å². The number of ether oxygens (including phenoxy) is 2. The number of benzene rings is 1. The zero-order valence-electron chi connectivity index (χ0n) is 25.4. The van der Waals surface area contributed by atoms with Crippen LogP contribution in [-0.4, -0.2) is 60.1 Å². The van der Waals surface area contributed by atoms with Crippen LogP contribution in [0, 0.1) is 39.8 Å². The predicted molar refractivity (Wildman–Crippen MR) is 153 cm³/mol. The van der Waals surface area contributed by atoms with Gasteiger partial charge >= 0.3 is 13.1 Å². The Morgan fingerprint density at radius 1 is 1.29 bits per heavy atom. The molecule has 0 spiro atoms. The fraction of sp³-hybridized carbons (Fsp3) is 0.710. The summed E-state index contributed by atoms with van der Waals surface area (Å²) >= 11 is 0. The van der Waals surface area contributed by atoms with Crippen LogP contribution in [0.4, 0.5) is 4.39 Å². The lowest BCUT2D eigenvalue weighted by Gasteiger charge is -2.61. The number of aliphatic hydroxyl groups is 1. The first-order valence-corrected chi connectivity index (χ1v) is 15.1. The van der Waals surface area contributed by atoms with E-state index in [1.165, 1.54) is 6.07 Å². The lowest BCUT2D eigenvalue weighted by atomic mass is 9.44. The van der Waals surface area contributed by atoms with E-state index in [1.54, 1.807) is 12.3 Å². The molecule has 0 unspecified atom stereocenters. The molecule has 0 saturated heterocycles. The van der Waals surface area contributed by atoms with E-state index in [9.17, 15) is 19.7 Å². The molecule has 230 valence electrons. The number of fused-ring (bicyclic) bond motifs is 1. The minimum Gasteiger partial charge on any atom is -0.479 e. The van der Waals surface area contributed by atoms with Crippen molar-refractivity contribution < 1.29 is 43.1 Å². The largest absolute Gasteiger partial charge is 0.494 e. The van der Waals surface area contributed by atoms with E-state index in [4.69, 9.17) is 19.0 Å². The molecule has 11 heteroatoms. The number of nitrogens with zero attached hydrogens (tertiary/aromatic N) is 1. The predicted octanol–water partition coefficient (Wildman–Crippen LogP) is 3.55. The zero-order valence-corrected chi connectivity index (χ0v) is 25.4.